The molecule has 0 aromatic rings. The molecule has 0 spiro atoms. The zero-order valence-electron chi connectivity index (χ0n) is 14.2. The Balaban J connectivity index is 1.96. The van der Waals surface area contributed by atoms with Gasteiger partial charge in [0.05, 0.1) is 18.8 Å². The summed E-state index contributed by atoms with van der Waals surface area (Å²) in [6.07, 6.45) is 11.9. The molecule has 3 N–H and O–H groups in total. The van der Waals surface area contributed by atoms with Gasteiger partial charge in [-0.2, -0.15) is 0 Å². The van der Waals surface area contributed by atoms with Crippen LogP contribution in [0, 0.1) is 0 Å². The van der Waals surface area contributed by atoms with Crippen molar-refractivity contribution in [2.45, 2.75) is 102 Å². The Bertz CT molecular complexity index is 296. The first kappa shape index (κ1) is 19.6. The molecule has 1 fully saturated rings. The van der Waals surface area contributed by atoms with Crippen molar-refractivity contribution in [3.63, 3.8) is 0 Å². The second-order valence-corrected chi connectivity index (χ2v) is 6.75. The summed E-state index contributed by atoms with van der Waals surface area (Å²) in [5, 5.41) is 22.2. The highest BCUT2D eigenvalue weighted by Gasteiger charge is 2.27. The van der Waals surface area contributed by atoms with Crippen LogP contribution >= 0.6 is 0 Å². The van der Waals surface area contributed by atoms with Crippen molar-refractivity contribution < 1.29 is 15.0 Å². The fraction of sp³-hybridized carbons (Fsp3) is 0.944. The zero-order valence-corrected chi connectivity index (χ0v) is 14.2. The quantitative estimate of drug-likeness (QED) is 0.485. The summed E-state index contributed by atoms with van der Waals surface area (Å²) in [6, 6.07) is 0.274. The van der Waals surface area contributed by atoms with Crippen LogP contribution in [0.5, 0.6) is 0 Å². The topological polar surface area (TPSA) is 69.6 Å². The molecular formula is C18H35NO3. The molecule has 1 heterocycles. The molecule has 0 aliphatic carbocycles. The number of carbonyl (C=O) groups is 1. The standard InChI is InChI=1S/C18H35NO3/c1-2-3-6-10-16(21)11-8-5-4-7-9-15-12-13-18(22)17(14-20)19-15/h15,17-20,22H,2-14H2,1H3/t15-,17+,18-/m0/s1. The zero-order chi connectivity index (χ0) is 16.2. The average Bonchev–Trinajstić information content (AvgIpc) is 2.52. The maximum absolute atomic E-state index is 11.6. The van der Waals surface area contributed by atoms with Crippen LogP contribution in [-0.2, 0) is 4.79 Å². The minimum atomic E-state index is -0.403. The number of unbranched alkanes of at least 4 members (excludes halogenated alkanes) is 5. The van der Waals surface area contributed by atoms with Gasteiger partial charge >= 0.3 is 0 Å². The Hall–Kier alpha value is -0.450. The average molecular weight is 313 g/mol. The molecule has 1 aliphatic rings. The maximum Gasteiger partial charge on any atom is 0.132 e. The summed E-state index contributed by atoms with van der Waals surface area (Å²) in [5.74, 6) is 0.433. The Kier molecular flexibility index (Phi) is 10.7. The lowest BCUT2D eigenvalue weighted by molar-refractivity contribution is -0.119. The second kappa shape index (κ2) is 12.0. The van der Waals surface area contributed by atoms with Gasteiger partial charge in [0.1, 0.15) is 5.78 Å². The van der Waals surface area contributed by atoms with Gasteiger partial charge in [0, 0.05) is 18.9 Å². The van der Waals surface area contributed by atoms with Crippen LogP contribution < -0.4 is 5.32 Å². The van der Waals surface area contributed by atoms with Crippen molar-refractivity contribution in [3.8, 4) is 0 Å². The molecule has 1 rings (SSSR count). The Morgan fingerprint density at radius 1 is 1.05 bits per heavy atom. The number of piperidine rings is 1. The molecule has 4 nitrogen and oxygen atoms in total. The number of hydrogen-bond acceptors (Lipinski definition) is 4. The third kappa shape index (κ3) is 8.25. The lowest BCUT2D eigenvalue weighted by Crippen LogP contribution is -2.52. The lowest BCUT2D eigenvalue weighted by Gasteiger charge is -2.34. The van der Waals surface area contributed by atoms with Crippen LogP contribution in [0.15, 0.2) is 0 Å². The van der Waals surface area contributed by atoms with Gasteiger partial charge in [-0.1, -0.05) is 39.0 Å². The third-order valence-corrected chi connectivity index (χ3v) is 4.74. The van der Waals surface area contributed by atoms with Gasteiger partial charge in [0.15, 0.2) is 0 Å². The summed E-state index contributed by atoms with van der Waals surface area (Å²) in [6.45, 7) is 2.17. The summed E-state index contributed by atoms with van der Waals surface area (Å²) < 4.78 is 0. The molecule has 4 heteroatoms. The van der Waals surface area contributed by atoms with Crippen molar-refractivity contribution in [3.05, 3.63) is 0 Å². The Morgan fingerprint density at radius 3 is 2.41 bits per heavy atom. The van der Waals surface area contributed by atoms with Gasteiger partial charge in [-0.25, -0.2) is 0 Å². The minimum Gasteiger partial charge on any atom is -0.395 e. The number of nitrogens with one attached hydrogen (secondary N) is 1. The van der Waals surface area contributed by atoms with Gasteiger partial charge in [-0.15, -0.1) is 0 Å². The van der Waals surface area contributed by atoms with Crippen LogP contribution in [0.25, 0.3) is 0 Å². The number of aliphatic hydroxyl groups is 2. The molecule has 1 saturated heterocycles. The number of ketones is 1. The fourth-order valence-electron chi connectivity index (χ4n) is 3.24. The predicted octanol–water partition coefficient (Wildman–Crippen LogP) is 2.95. The summed E-state index contributed by atoms with van der Waals surface area (Å²) >= 11 is 0. The van der Waals surface area contributed by atoms with E-state index in [1.165, 1.54) is 19.3 Å². The van der Waals surface area contributed by atoms with Crippen LogP contribution in [0.4, 0.5) is 0 Å². The smallest absolute Gasteiger partial charge is 0.132 e. The molecule has 0 bridgehead atoms. The SMILES string of the molecule is CCCCCC(=O)CCCCCC[C@H]1CC[C@H](O)[C@@H](CO)N1. The van der Waals surface area contributed by atoms with E-state index in [1.807, 2.05) is 0 Å². The first-order valence-electron chi connectivity index (χ1n) is 9.24. The first-order valence-corrected chi connectivity index (χ1v) is 9.24. The molecule has 0 aromatic carbocycles. The van der Waals surface area contributed by atoms with Gasteiger partial charge in [0.2, 0.25) is 0 Å². The third-order valence-electron chi connectivity index (χ3n) is 4.74. The number of aliphatic hydroxyl groups excluding tert-OH is 2. The summed E-state index contributed by atoms with van der Waals surface area (Å²) in [5.41, 5.74) is 0. The van der Waals surface area contributed by atoms with Gasteiger partial charge in [0.25, 0.3) is 0 Å². The van der Waals surface area contributed by atoms with Crippen LogP contribution in [0.3, 0.4) is 0 Å². The fourth-order valence-corrected chi connectivity index (χ4v) is 3.24. The van der Waals surface area contributed by atoms with Crippen LogP contribution in [-0.4, -0.2) is 40.8 Å². The number of hydrogen-bond donors (Lipinski definition) is 3. The first-order chi connectivity index (χ1) is 10.7. The monoisotopic (exact) mass is 313 g/mol. The maximum atomic E-state index is 11.6. The number of rotatable bonds is 12. The molecular weight excluding hydrogens is 278 g/mol. The van der Waals surface area contributed by atoms with E-state index in [2.05, 4.69) is 12.2 Å². The predicted molar refractivity (Wildman–Crippen MR) is 89.9 cm³/mol. The minimum absolute atomic E-state index is 0.0117. The normalized spacial score (nSPS) is 25.3. The van der Waals surface area contributed by atoms with Crippen molar-refractivity contribution in [1.82, 2.24) is 5.32 Å². The molecule has 1 aliphatic heterocycles. The summed E-state index contributed by atoms with van der Waals surface area (Å²) in [4.78, 5) is 11.6. The van der Waals surface area contributed by atoms with Crippen molar-refractivity contribution in [1.29, 1.82) is 0 Å². The van der Waals surface area contributed by atoms with Crippen molar-refractivity contribution >= 4 is 5.78 Å². The van der Waals surface area contributed by atoms with E-state index in [9.17, 15) is 15.0 Å². The Morgan fingerprint density at radius 2 is 1.73 bits per heavy atom. The Labute approximate surface area is 135 Å². The highest BCUT2D eigenvalue weighted by atomic mass is 16.3. The lowest BCUT2D eigenvalue weighted by atomic mass is 9.92. The molecule has 22 heavy (non-hydrogen) atoms. The molecule has 0 unspecified atom stereocenters. The van der Waals surface area contributed by atoms with Crippen molar-refractivity contribution in [2.24, 2.45) is 0 Å². The molecule has 0 amide bonds. The van der Waals surface area contributed by atoms with E-state index in [0.29, 0.717) is 11.8 Å². The van der Waals surface area contributed by atoms with E-state index in [4.69, 9.17) is 0 Å². The van der Waals surface area contributed by atoms with Gasteiger partial charge in [-0.3, -0.25) is 4.79 Å². The van der Waals surface area contributed by atoms with Crippen molar-refractivity contribution in [2.75, 3.05) is 6.61 Å². The molecule has 0 radical (unpaired) electrons. The van der Waals surface area contributed by atoms with Crippen LogP contribution in [0.2, 0.25) is 0 Å². The molecule has 0 saturated carbocycles. The van der Waals surface area contributed by atoms with Gasteiger partial charge in [-0.05, 0) is 32.1 Å². The second-order valence-electron chi connectivity index (χ2n) is 6.75. The van der Waals surface area contributed by atoms with Crippen LogP contribution in [0.1, 0.15) is 84.0 Å². The largest absolute Gasteiger partial charge is 0.395 e. The number of Topliss-reactive ketones (excluding diaryl/α,β-unsaturated/α-hetero) is 1. The highest BCUT2D eigenvalue weighted by molar-refractivity contribution is 5.78. The highest BCUT2D eigenvalue weighted by Crippen LogP contribution is 2.18. The number of carbonyl (C=O) groups excluding carboxylic acids is 1. The van der Waals surface area contributed by atoms with Gasteiger partial charge < -0.3 is 15.5 Å². The molecule has 3 atom stereocenters. The summed E-state index contributed by atoms with van der Waals surface area (Å²) in [7, 11) is 0. The van der Waals surface area contributed by atoms with E-state index in [-0.39, 0.29) is 12.6 Å². The van der Waals surface area contributed by atoms with E-state index in [0.717, 1.165) is 57.8 Å². The van der Waals surface area contributed by atoms with E-state index < -0.39 is 6.10 Å². The molecule has 0 aromatic heterocycles. The molecule has 130 valence electrons. The van der Waals surface area contributed by atoms with E-state index >= 15 is 0 Å². The van der Waals surface area contributed by atoms with E-state index in [1.54, 1.807) is 0 Å².